The van der Waals surface area contributed by atoms with Crippen molar-refractivity contribution in [2.24, 2.45) is 0 Å². The molecule has 0 bridgehead atoms. The first-order valence-electron chi connectivity index (χ1n) is 10.1. The summed E-state index contributed by atoms with van der Waals surface area (Å²) in [5.74, 6) is 0.187. The lowest BCUT2D eigenvalue weighted by Gasteiger charge is -2.31. The number of aryl methyl sites for hydroxylation is 1. The van der Waals surface area contributed by atoms with Gasteiger partial charge in [-0.2, -0.15) is 0 Å². The minimum absolute atomic E-state index is 0.375. The summed E-state index contributed by atoms with van der Waals surface area (Å²) in [7, 11) is 0. The lowest BCUT2D eigenvalue weighted by Crippen LogP contribution is -2.39. The zero-order chi connectivity index (χ0) is 18.6. The van der Waals surface area contributed by atoms with Crippen molar-refractivity contribution in [1.29, 1.82) is 0 Å². The van der Waals surface area contributed by atoms with Gasteiger partial charge in [-0.05, 0) is 74.6 Å². The third-order valence-corrected chi connectivity index (χ3v) is 5.87. The number of oxazole rings is 1. The first kappa shape index (κ1) is 18.1. The van der Waals surface area contributed by atoms with E-state index in [0.29, 0.717) is 23.6 Å². The van der Waals surface area contributed by atoms with E-state index in [-0.39, 0.29) is 5.76 Å². The fourth-order valence-corrected chi connectivity index (χ4v) is 4.32. The maximum Gasteiger partial charge on any atom is 0.417 e. The molecule has 0 radical (unpaired) electrons. The molecule has 1 aliphatic rings. The second kappa shape index (κ2) is 8.13. The summed E-state index contributed by atoms with van der Waals surface area (Å²) in [6.07, 6.45) is 7.08. The van der Waals surface area contributed by atoms with E-state index in [1.165, 1.54) is 43.2 Å². The van der Waals surface area contributed by atoms with E-state index >= 15 is 0 Å². The van der Waals surface area contributed by atoms with E-state index in [2.05, 4.69) is 53.6 Å². The first-order chi connectivity index (χ1) is 13.2. The van der Waals surface area contributed by atoms with Gasteiger partial charge in [-0.25, -0.2) is 4.79 Å². The number of hydrogen-bond acceptors (Lipinski definition) is 3. The number of nitrogens with one attached hydrogen (secondary N) is 2. The van der Waals surface area contributed by atoms with Crippen LogP contribution in [0.25, 0.3) is 11.1 Å². The first-order valence-corrected chi connectivity index (χ1v) is 10.1. The molecule has 0 aliphatic heterocycles. The van der Waals surface area contributed by atoms with Gasteiger partial charge in [0.25, 0.3) is 0 Å². The van der Waals surface area contributed by atoms with E-state index in [9.17, 15) is 4.79 Å². The number of rotatable bonds is 6. The van der Waals surface area contributed by atoms with Crippen LogP contribution in [0.3, 0.4) is 0 Å². The molecule has 4 rings (SSSR count). The van der Waals surface area contributed by atoms with Crippen LogP contribution >= 0.6 is 0 Å². The molecule has 3 aromatic rings. The Morgan fingerprint density at radius 1 is 1.11 bits per heavy atom. The molecule has 142 valence electrons. The summed E-state index contributed by atoms with van der Waals surface area (Å²) in [6, 6.07) is 18.0. The normalized spacial score (nSPS) is 21.4. The number of H-pyrrole nitrogens is 1. The Kier molecular flexibility index (Phi) is 5.44. The zero-order valence-corrected chi connectivity index (χ0v) is 15.9. The van der Waals surface area contributed by atoms with E-state index in [4.69, 9.17) is 4.42 Å². The van der Waals surface area contributed by atoms with Crippen LogP contribution in [-0.2, 0) is 6.42 Å². The van der Waals surface area contributed by atoms with E-state index in [1.54, 1.807) is 0 Å². The van der Waals surface area contributed by atoms with Crippen molar-refractivity contribution in [1.82, 2.24) is 10.3 Å². The molecule has 4 heteroatoms. The van der Waals surface area contributed by atoms with Crippen molar-refractivity contribution in [3.63, 3.8) is 0 Å². The number of hydrogen-bond donors (Lipinski definition) is 2. The molecule has 27 heavy (non-hydrogen) atoms. The van der Waals surface area contributed by atoms with Crippen molar-refractivity contribution in [2.45, 2.75) is 63.5 Å². The minimum Gasteiger partial charge on any atom is -0.408 e. The summed E-state index contributed by atoms with van der Waals surface area (Å²) in [5, 5.41) is 3.83. The molecule has 1 saturated carbocycles. The predicted octanol–water partition coefficient (Wildman–Crippen LogP) is 4.76. The number of aromatic nitrogens is 1. The third kappa shape index (κ3) is 4.51. The largest absolute Gasteiger partial charge is 0.417 e. The highest BCUT2D eigenvalue weighted by molar-refractivity contribution is 5.72. The van der Waals surface area contributed by atoms with Gasteiger partial charge in [0.2, 0.25) is 0 Å². The SMILES string of the molecule is C[C@H](CCc1ccccc1)NC1CCC(c2ccc3[nH]c(=O)oc3c2)CC1. The van der Waals surface area contributed by atoms with Gasteiger partial charge >= 0.3 is 5.76 Å². The fraction of sp³-hybridized carbons (Fsp3) is 0.435. The molecule has 2 aromatic carbocycles. The molecular weight excluding hydrogens is 336 g/mol. The monoisotopic (exact) mass is 364 g/mol. The van der Waals surface area contributed by atoms with Crippen LogP contribution in [0, 0.1) is 0 Å². The molecule has 2 N–H and O–H groups in total. The van der Waals surface area contributed by atoms with Gasteiger partial charge < -0.3 is 9.73 Å². The summed E-state index contributed by atoms with van der Waals surface area (Å²) < 4.78 is 5.21. The molecular formula is C23H28N2O2. The molecule has 1 atom stereocenters. The van der Waals surface area contributed by atoms with Crippen molar-refractivity contribution >= 4 is 11.1 Å². The van der Waals surface area contributed by atoms with Crippen molar-refractivity contribution < 1.29 is 4.42 Å². The van der Waals surface area contributed by atoms with Gasteiger partial charge in [-0.15, -0.1) is 0 Å². The van der Waals surface area contributed by atoms with Crippen LogP contribution in [-0.4, -0.2) is 17.1 Å². The highest BCUT2D eigenvalue weighted by Gasteiger charge is 2.23. The van der Waals surface area contributed by atoms with Crippen LogP contribution in [0.2, 0.25) is 0 Å². The average molecular weight is 364 g/mol. The predicted molar refractivity (Wildman–Crippen MR) is 109 cm³/mol. The van der Waals surface area contributed by atoms with E-state index in [0.717, 1.165) is 11.9 Å². The van der Waals surface area contributed by atoms with Crippen LogP contribution < -0.4 is 11.1 Å². The molecule has 1 aromatic heterocycles. The summed E-state index contributed by atoms with van der Waals surface area (Å²) >= 11 is 0. The van der Waals surface area contributed by atoms with Gasteiger partial charge in [-0.3, -0.25) is 4.98 Å². The van der Waals surface area contributed by atoms with Crippen LogP contribution in [0.1, 0.15) is 56.1 Å². The third-order valence-electron chi connectivity index (χ3n) is 5.87. The highest BCUT2D eigenvalue weighted by atomic mass is 16.4. The van der Waals surface area contributed by atoms with Gasteiger partial charge in [0, 0.05) is 12.1 Å². The standard InChI is InChI=1S/C23H28N2O2/c1-16(7-8-17-5-3-2-4-6-17)24-20-12-9-18(10-13-20)19-11-14-21-22(15-19)27-23(26)25-21/h2-6,11,14-16,18,20,24H,7-10,12-13H2,1H3,(H,25,26)/t16-,18?,20?/m1/s1. The molecule has 4 nitrogen and oxygen atoms in total. The average Bonchev–Trinajstić information content (AvgIpc) is 3.07. The maximum atomic E-state index is 11.3. The highest BCUT2D eigenvalue weighted by Crippen LogP contribution is 2.34. The lowest BCUT2D eigenvalue weighted by molar-refractivity contribution is 0.314. The van der Waals surface area contributed by atoms with Gasteiger partial charge in [0.15, 0.2) is 5.58 Å². The smallest absolute Gasteiger partial charge is 0.408 e. The molecule has 1 aliphatic carbocycles. The Hall–Kier alpha value is -2.33. The maximum absolute atomic E-state index is 11.3. The summed E-state index contributed by atoms with van der Waals surface area (Å²) in [6.45, 7) is 2.30. The molecule has 0 unspecified atom stereocenters. The minimum atomic E-state index is -0.375. The Labute approximate surface area is 160 Å². The summed E-state index contributed by atoms with van der Waals surface area (Å²) in [5.41, 5.74) is 4.17. The second-order valence-corrected chi connectivity index (χ2v) is 7.91. The molecule has 0 spiro atoms. The Bertz CT molecular complexity index is 920. The van der Waals surface area contributed by atoms with Crippen molar-refractivity contribution in [3.05, 3.63) is 70.2 Å². The summed E-state index contributed by atoms with van der Waals surface area (Å²) in [4.78, 5) is 14.0. The Morgan fingerprint density at radius 2 is 1.89 bits per heavy atom. The molecule has 0 amide bonds. The Balaban J connectivity index is 1.27. The molecule has 1 fully saturated rings. The lowest BCUT2D eigenvalue weighted by atomic mass is 9.81. The number of aromatic amines is 1. The molecule has 0 saturated heterocycles. The number of benzene rings is 2. The zero-order valence-electron chi connectivity index (χ0n) is 15.9. The van der Waals surface area contributed by atoms with Crippen LogP contribution in [0.4, 0.5) is 0 Å². The Morgan fingerprint density at radius 3 is 2.67 bits per heavy atom. The topological polar surface area (TPSA) is 58.0 Å². The van der Waals surface area contributed by atoms with Gasteiger partial charge in [0.1, 0.15) is 0 Å². The number of fused-ring (bicyclic) bond motifs is 1. The van der Waals surface area contributed by atoms with Crippen LogP contribution in [0.5, 0.6) is 0 Å². The molecule has 1 heterocycles. The van der Waals surface area contributed by atoms with Crippen molar-refractivity contribution in [2.75, 3.05) is 0 Å². The second-order valence-electron chi connectivity index (χ2n) is 7.91. The fourth-order valence-electron chi connectivity index (χ4n) is 4.32. The van der Waals surface area contributed by atoms with E-state index in [1.807, 2.05) is 12.1 Å². The van der Waals surface area contributed by atoms with Crippen molar-refractivity contribution in [3.8, 4) is 0 Å². The van der Waals surface area contributed by atoms with Gasteiger partial charge in [-0.1, -0.05) is 36.4 Å². The van der Waals surface area contributed by atoms with Crippen LogP contribution in [0.15, 0.2) is 57.7 Å². The quantitative estimate of drug-likeness (QED) is 0.663. The van der Waals surface area contributed by atoms with Gasteiger partial charge in [0.05, 0.1) is 5.52 Å². The van der Waals surface area contributed by atoms with E-state index < -0.39 is 0 Å².